The number of benzene rings is 7. The number of rotatable bonds is 7. The Morgan fingerprint density at radius 2 is 0.967 bits per heavy atom. The second kappa shape index (κ2) is 14.6. The first-order valence-corrected chi connectivity index (χ1v) is 22.7. The molecule has 0 aliphatic heterocycles. The molecule has 0 unspecified atom stereocenters. The Kier molecular flexibility index (Phi) is 9.04. The first-order valence-electron chi connectivity index (χ1n) is 22.7. The Labute approximate surface area is 356 Å². The fourth-order valence-corrected chi connectivity index (χ4v) is 12.4. The SMILES string of the molecule is C=C(/C=C\C)C/C=C\C(=C)c1ccc2c(-c3ccc4c(c3)C3(CCCCC3)c3ccccc3-4)c3ccccc3c(-c3ccc4c(c3)C3(CCCCC3)c3ccccc3-4)c2c1. The van der Waals surface area contributed by atoms with E-state index < -0.39 is 0 Å². The molecule has 7 aromatic carbocycles. The Morgan fingerprint density at radius 3 is 1.52 bits per heavy atom. The van der Waals surface area contributed by atoms with E-state index in [2.05, 4.69) is 165 Å². The van der Waals surface area contributed by atoms with Gasteiger partial charge in [0.15, 0.2) is 0 Å². The zero-order chi connectivity index (χ0) is 40.4. The molecule has 0 amide bonds. The second-order valence-corrected chi connectivity index (χ2v) is 18.2. The van der Waals surface area contributed by atoms with Crippen molar-refractivity contribution in [2.75, 3.05) is 0 Å². The Morgan fingerprint density at radius 1 is 0.483 bits per heavy atom. The molecule has 4 aliphatic rings. The zero-order valence-corrected chi connectivity index (χ0v) is 35.1. The molecule has 0 saturated heterocycles. The van der Waals surface area contributed by atoms with Gasteiger partial charge in [0, 0.05) is 10.8 Å². The zero-order valence-electron chi connectivity index (χ0n) is 35.1. The van der Waals surface area contributed by atoms with Crippen LogP contribution in [0.5, 0.6) is 0 Å². The normalized spacial score (nSPS) is 17.1. The van der Waals surface area contributed by atoms with Crippen molar-refractivity contribution in [3.05, 3.63) is 198 Å². The van der Waals surface area contributed by atoms with Crippen molar-refractivity contribution in [3.8, 4) is 44.5 Å². The van der Waals surface area contributed by atoms with Crippen LogP contribution in [0.2, 0.25) is 0 Å². The lowest BCUT2D eigenvalue weighted by atomic mass is 9.67. The summed E-state index contributed by atoms with van der Waals surface area (Å²) in [6, 6.07) is 49.9. The lowest BCUT2D eigenvalue weighted by Gasteiger charge is -2.36. The van der Waals surface area contributed by atoms with Crippen LogP contribution in [0.4, 0.5) is 0 Å². The molecule has 60 heavy (non-hydrogen) atoms. The lowest BCUT2D eigenvalue weighted by Crippen LogP contribution is -2.28. The predicted molar refractivity (Wildman–Crippen MR) is 258 cm³/mol. The van der Waals surface area contributed by atoms with Gasteiger partial charge in [0.2, 0.25) is 0 Å². The van der Waals surface area contributed by atoms with Gasteiger partial charge in [-0.2, -0.15) is 0 Å². The minimum Gasteiger partial charge on any atom is -0.0955 e. The second-order valence-electron chi connectivity index (χ2n) is 18.2. The van der Waals surface area contributed by atoms with Crippen LogP contribution in [-0.2, 0) is 10.8 Å². The molecule has 0 atom stereocenters. The van der Waals surface area contributed by atoms with Crippen LogP contribution in [0.3, 0.4) is 0 Å². The van der Waals surface area contributed by atoms with E-state index in [0.717, 1.165) is 23.1 Å². The summed E-state index contributed by atoms with van der Waals surface area (Å²) in [5, 5.41) is 5.22. The third kappa shape index (κ3) is 5.63. The van der Waals surface area contributed by atoms with E-state index in [0.29, 0.717) is 0 Å². The standard InChI is InChI=1S/C60H54/c1-4-18-40(2)19-17-20-41(3)42-27-32-51-52(37-42)58(44-29-31-48-46-22-10-12-26-54(46)60(56(48)39-44)35-15-6-16-36-60)50-24-8-7-23-49(50)57(51)43-28-30-47-45-21-9-11-25-53(45)59(55(47)38-43)33-13-5-14-34-59/h4,7-12,17-18,20-32,37-39H,2-3,5-6,13-16,19,33-36H2,1H3/b18-4-,20-17-. The van der Waals surface area contributed by atoms with Gasteiger partial charge in [-0.15, -0.1) is 0 Å². The van der Waals surface area contributed by atoms with Crippen molar-refractivity contribution in [2.45, 2.75) is 88.4 Å². The Hall–Kier alpha value is -5.98. The summed E-state index contributed by atoms with van der Waals surface area (Å²) in [6.45, 7) is 10.9. The van der Waals surface area contributed by atoms with Crippen LogP contribution in [0.1, 0.15) is 105 Å². The van der Waals surface area contributed by atoms with E-state index in [4.69, 9.17) is 0 Å². The summed E-state index contributed by atoms with van der Waals surface area (Å²) in [4.78, 5) is 0. The van der Waals surface area contributed by atoms with Gasteiger partial charge in [-0.25, -0.2) is 0 Å². The number of hydrogen-bond donors (Lipinski definition) is 0. The summed E-state index contributed by atoms with van der Waals surface area (Å²) < 4.78 is 0. The number of allylic oxidation sites excluding steroid dienone is 6. The molecule has 0 heteroatoms. The molecule has 294 valence electrons. The molecule has 2 fully saturated rings. The monoisotopic (exact) mass is 774 g/mol. The van der Waals surface area contributed by atoms with Crippen LogP contribution in [-0.4, -0.2) is 0 Å². The summed E-state index contributed by atoms with van der Waals surface area (Å²) >= 11 is 0. The van der Waals surface area contributed by atoms with Crippen molar-refractivity contribution in [3.63, 3.8) is 0 Å². The molecule has 2 spiro atoms. The average molecular weight is 775 g/mol. The molecule has 0 radical (unpaired) electrons. The average Bonchev–Trinajstić information content (AvgIpc) is 3.70. The largest absolute Gasteiger partial charge is 0.0955 e. The van der Waals surface area contributed by atoms with Crippen LogP contribution in [0.15, 0.2) is 170 Å². The highest BCUT2D eigenvalue weighted by atomic mass is 14.5. The van der Waals surface area contributed by atoms with Crippen molar-refractivity contribution in [1.82, 2.24) is 0 Å². The molecule has 0 bridgehead atoms. The maximum Gasteiger partial charge on any atom is 0.0215 e. The van der Waals surface area contributed by atoms with E-state index in [-0.39, 0.29) is 10.8 Å². The molecule has 7 aromatic rings. The lowest BCUT2D eigenvalue weighted by molar-refractivity contribution is 0.353. The van der Waals surface area contributed by atoms with Gasteiger partial charge in [0.25, 0.3) is 0 Å². The third-order valence-corrected chi connectivity index (χ3v) is 15.0. The van der Waals surface area contributed by atoms with E-state index in [1.807, 2.05) is 6.92 Å². The van der Waals surface area contributed by atoms with Crippen molar-refractivity contribution in [2.24, 2.45) is 0 Å². The van der Waals surface area contributed by atoms with E-state index >= 15 is 0 Å². The maximum atomic E-state index is 4.62. The van der Waals surface area contributed by atoms with Gasteiger partial charge >= 0.3 is 0 Å². The van der Waals surface area contributed by atoms with Crippen LogP contribution < -0.4 is 0 Å². The molecule has 11 rings (SSSR count). The van der Waals surface area contributed by atoms with Crippen LogP contribution >= 0.6 is 0 Å². The van der Waals surface area contributed by atoms with Crippen molar-refractivity contribution < 1.29 is 0 Å². The minimum atomic E-state index is 0.0873. The summed E-state index contributed by atoms with van der Waals surface area (Å²) in [5.41, 5.74) is 20.6. The molecule has 0 heterocycles. The maximum absolute atomic E-state index is 4.62. The van der Waals surface area contributed by atoms with Gasteiger partial charge in [-0.1, -0.05) is 191 Å². The molecule has 4 aliphatic carbocycles. The Balaban J connectivity index is 1.15. The fourth-order valence-electron chi connectivity index (χ4n) is 12.4. The van der Waals surface area contributed by atoms with Crippen molar-refractivity contribution >= 4 is 27.1 Å². The summed E-state index contributed by atoms with van der Waals surface area (Å²) in [5.74, 6) is 0. The molecular formula is C60H54. The third-order valence-electron chi connectivity index (χ3n) is 15.0. The molecule has 0 N–H and O–H groups in total. The Bertz CT molecular complexity index is 2950. The van der Waals surface area contributed by atoms with Gasteiger partial charge in [0.1, 0.15) is 0 Å². The van der Waals surface area contributed by atoms with Crippen molar-refractivity contribution in [1.29, 1.82) is 0 Å². The number of fused-ring (bicyclic) bond motifs is 12. The van der Waals surface area contributed by atoms with E-state index in [1.165, 1.54) is 141 Å². The highest BCUT2D eigenvalue weighted by molar-refractivity contribution is 6.22. The molecule has 0 aromatic heterocycles. The predicted octanol–water partition coefficient (Wildman–Crippen LogP) is 16.9. The first kappa shape index (κ1) is 37.1. The summed E-state index contributed by atoms with van der Waals surface area (Å²) in [6.07, 6.45) is 22.0. The van der Waals surface area contributed by atoms with E-state index in [1.54, 1.807) is 11.1 Å². The van der Waals surface area contributed by atoms with Gasteiger partial charge in [-0.05, 0) is 157 Å². The van der Waals surface area contributed by atoms with Gasteiger partial charge < -0.3 is 0 Å². The smallest absolute Gasteiger partial charge is 0.0215 e. The minimum absolute atomic E-state index is 0.0873. The van der Waals surface area contributed by atoms with E-state index in [9.17, 15) is 0 Å². The molecule has 0 nitrogen and oxygen atoms in total. The summed E-state index contributed by atoms with van der Waals surface area (Å²) in [7, 11) is 0. The topological polar surface area (TPSA) is 0 Å². The highest BCUT2D eigenvalue weighted by Crippen LogP contribution is 2.59. The van der Waals surface area contributed by atoms with Crippen LogP contribution in [0.25, 0.3) is 71.6 Å². The first-order chi connectivity index (χ1) is 29.5. The molecule has 2 saturated carbocycles. The van der Waals surface area contributed by atoms with Gasteiger partial charge in [-0.3, -0.25) is 0 Å². The quantitative estimate of drug-likeness (QED) is 0.112. The van der Waals surface area contributed by atoms with Crippen LogP contribution in [0, 0.1) is 0 Å². The number of hydrogen-bond acceptors (Lipinski definition) is 0. The highest BCUT2D eigenvalue weighted by Gasteiger charge is 2.45. The van der Waals surface area contributed by atoms with Gasteiger partial charge in [0.05, 0.1) is 0 Å². The fraction of sp³-hybridized carbons (Fsp3) is 0.233. The molecular weight excluding hydrogens is 721 g/mol.